The van der Waals surface area contributed by atoms with E-state index in [0.29, 0.717) is 12.8 Å². The molecule has 1 fully saturated rings. The zero-order chi connectivity index (χ0) is 14.0. The van der Waals surface area contributed by atoms with Crippen LogP contribution in [0.3, 0.4) is 0 Å². The van der Waals surface area contributed by atoms with Crippen molar-refractivity contribution in [1.29, 1.82) is 0 Å². The smallest absolute Gasteiger partial charge is 0.254 e. The van der Waals surface area contributed by atoms with Crippen LogP contribution in [-0.4, -0.2) is 37.0 Å². The molecule has 2 rings (SSSR count). The van der Waals surface area contributed by atoms with Gasteiger partial charge in [0.15, 0.2) is 0 Å². The normalized spacial score (nSPS) is 19.0. The Balaban J connectivity index is 2.02. The van der Waals surface area contributed by atoms with E-state index in [1.807, 2.05) is 0 Å². The van der Waals surface area contributed by atoms with E-state index in [-0.39, 0.29) is 28.9 Å². The third-order valence-electron chi connectivity index (χ3n) is 3.09. The second-order valence-corrected chi connectivity index (χ2v) is 6.87. The first-order chi connectivity index (χ1) is 8.87. The lowest BCUT2D eigenvalue weighted by atomic mass is 10.1. The minimum absolute atomic E-state index is 0.0377. The summed E-state index contributed by atoms with van der Waals surface area (Å²) in [6.45, 7) is 0. The number of aromatic hydroxyl groups is 1. The lowest BCUT2D eigenvalue weighted by molar-refractivity contribution is 0.0930. The average Bonchev–Trinajstić information content (AvgIpc) is 2.31. The highest BCUT2D eigenvalue weighted by molar-refractivity contribution is 7.91. The van der Waals surface area contributed by atoms with Crippen molar-refractivity contribution < 1.29 is 22.7 Å². The van der Waals surface area contributed by atoms with Gasteiger partial charge < -0.3 is 10.4 Å². The number of carbonyl (C=O) groups excluding carboxylic acids is 1. The summed E-state index contributed by atoms with van der Waals surface area (Å²) in [5.41, 5.74) is -0.161. The van der Waals surface area contributed by atoms with Crippen LogP contribution in [-0.2, 0) is 9.84 Å². The van der Waals surface area contributed by atoms with E-state index in [0.717, 1.165) is 6.07 Å². The molecule has 0 aromatic heterocycles. The molecule has 104 valence electrons. The van der Waals surface area contributed by atoms with Crippen molar-refractivity contribution in [3.63, 3.8) is 0 Å². The molecular formula is C12H14FNO4S. The largest absolute Gasteiger partial charge is 0.508 e. The van der Waals surface area contributed by atoms with Gasteiger partial charge in [0.25, 0.3) is 5.91 Å². The molecule has 0 unspecified atom stereocenters. The molecule has 1 aliphatic rings. The van der Waals surface area contributed by atoms with E-state index in [4.69, 9.17) is 5.11 Å². The molecule has 1 aromatic rings. The number of halogens is 1. The maximum absolute atomic E-state index is 13.5. The fourth-order valence-corrected chi connectivity index (χ4v) is 3.48. The number of benzene rings is 1. The zero-order valence-corrected chi connectivity index (χ0v) is 10.9. The molecule has 5 nitrogen and oxygen atoms in total. The van der Waals surface area contributed by atoms with Crippen molar-refractivity contribution in [2.45, 2.75) is 18.9 Å². The van der Waals surface area contributed by atoms with E-state index in [1.165, 1.54) is 12.1 Å². The third-order valence-corrected chi connectivity index (χ3v) is 4.80. The predicted molar refractivity (Wildman–Crippen MR) is 67.2 cm³/mol. The van der Waals surface area contributed by atoms with Crippen LogP contribution in [0, 0.1) is 5.82 Å². The van der Waals surface area contributed by atoms with Crippen LogP contribution in [0.5, 0.6) is 5.75 Å². The summed E-state index contributed by atoms with van der Waals surface area (Å²) in [4.78, 5) is 11.8. The number of amides is 1. The summed E-state index contributed by atoms with van der Waals surface area (Å²) < 4.78 is 35.9. The first kappa shape index (κ1) is 13.8. The minimum atomic E-state index is -2.99. The Bertz CT molecular complexity index is 586. The number of nitrogens with one attached hydrogen (secondary N) is 1. The number of carbonyl (C=O) groups is 1. The van der Waals surface area contributed by atoms with E-state index in [1.54, 1.807) is 0 Å². The summed E-state index contributed by atoms with van der Waals surface area (Å²) >= 11 is 0. The Morgan fingerprint density at radius 2 is 1.95 bits per heavy atom. The molecule has 1 aliphatic heterocycles. The summed E-state index contributed by atoms with van der Waals surface area (Å²) in [5, 5.41) is 11.7. The van der Waals surface area contributed by atoms with Gasteiger partial charge in [0, 0.05) is 12.1 Å². The molecule has 0 spiro atoms. The molecule has 0 radical (unpaired) electrons. The van der Waals surface area contributed by atoms with Crippen LogP contribution in [0.15, 0.2) is 18.2 Å². The van der Waals surface area contributed by atoms with Crippen LogP contribution in [0.1, 0.15) is 23.2 Å². The molecular weight excluding hydrogens is 273 g/mol. The van der Waals surface area contributed by atoms with Crippen LogP contribution in [0.25, 0.3) is 0 Å². The zero-order valence-electron chi connectivity index (χ0n) is 10.1. The summed E-state index contributed by atoms with van der Waals surface area (Å²) in [6, 6.07) is 3.02. The third kappa shape index (κ3) is 3.44. The standard InChI is InChI=1S/C12H14FNO4S/c13-11-7-9(15)1-2-10(11)12(16)14-8-3-5-19(17,18)6-4-8/h1-2,7-8,15H,3-6H2,(H,14,16). The van der Waals surface area contributed by atoms with Gasteiger partial charge in [-0.2, -0.15) is 0 Å². The van der Waals surface area contributed by atoms with Gasteiger partial charge in [-0.3, -0.25) is 4.79 Å². The molecule has 19 heavy (non-hydrogen) atoms. The predicted octanol–water partition coefficient (Wildman–Crippen LogP) is 0.838. The van der Waals surface area contributed by atoms with Crippen molar-refractivity contribution in [1.82, 2.24) is 5.32 Å². The lowest BCUT2D eigenvalue weighted by Crippen LogP contribution is -2.41. The highest BCUT2D eigenvalue weighted by Crippen LogP contribution is 2.17. The molecule has 0 bridgehead atoms. The second-order valence-electron chi connectivity index (χ2n) is 4.56. The molecule has 1 saturated heterocycles. The van der Waals surface area contributed by atoms with Crippen molar-refractivity contribution in [3.05, 3.63) is 29.6 Å². The SMILES string of the molecule is O=C(NC1CCS(=O)(=O)CC1)c1ccc(O)cc1F. The molecule has 1 heterocycles. The van der Waals surface area contributed by atoms with Crippen molar-refractivity contribution in [2.75, 3.05) is 11.5 Å². The van der Waals surface area contributed by atoms with Crippen LogP contribution in [0.4, 0.5) is 4.39 Å². The Morgan fingerprint density at radius 3 is 2.53 bits per heavy atom. The Morgan fingerprint density at radius 1 is 1.32 bits per heavy atom. The quantitative estimate of drug-likeness (QED) is 0.844. The molecule has 0 aliphatic carbocycles. The first-order valence-electron chi connectivity index (χ1n) is 5.87. The Labute approximate surface area is 110 Å². The van der Waals surface area contributed by atoms with Gasteiger partial charge >= 0.3 is 0 Å². The van der Waals surface area contributed by atoms with Crippen LogP contribution < -0.4 is 5.32 Å². The maximum atomic E-state index is 13.5. The van der Waals surface area contributed by atoms with Crippen molar-refractivity contribution in [3.8, 4) is 5.75 Å². The van der Waals surface area contributed by atoms with Gasteiger partial charge in [-0.15, -0.1) is 0 Å². The van der Waals surface area contributed by atoms with E-state index in [9.17, 15) is 17.6 Å². The van der Waals surface area contributed by atoms with Gasteiger partial charge in [-0.25, -0.2) is 12.8 Å². The van der Waals surface area contributed by atoms with Gasteiger partial charge in [0.1, 0.15) is 21.4 Å². The van der Waals surface area contributed by atoms with Gasteiger partial charge in [0.05, 0.1) is 17.1 Å². The first-order valence-corrected chi connectivity index (χ1v) is 7.69. The monoisotopic (exact) mass is 287 g/mol. The van der Waals surface area contributed by atoms with Crippen molar-refractivity contribution in [2.24, 2.45) is 0 Å². The lowest BCUT2D eigenvalue weighted by Gasteiger charge is -2.23. The number of sulfone groups is 1. The van der Waals surface area contributed by atoms with Crippen molar-refractivity contribution >= 4 is 15.7 Å². The topological polar surface area (TPSA) is 83.5 Å². The Hall–Kier alpha value is -1.63. The van der Waals surface area contributed by atoms with E-state index >= 15 is 0 Å². The fraction of sp³-hybridized carbons (Fsp3) is 0.417. The number of phenols is 1. The van der Waals surface area contributed by atoms with Gasteiger partial charge in [0.2, 0.25) is 0 Å². The van der Waals surface area contributed by atoms with Gasteiger partial charge in [-0.1, -0.05) is 0 Å². The summed E-state index contributed by atoms with van der Waals surface area (Å²) in [6.07, 6.45) is 0.682. The number of rotatable bonds is 2. The Kier molecular flexibility index (Phi) is 3.75. The number of hydrogen-bond acceptors (Lipinski definition) is 4. The van der Waals surface area contributed by atoms with Crippen LogP contribution in [0.2, 0.25) is 0 Å². The fourth-order valence-electron chi connectivity index (χ4n) is 1.99. The van der Waals surface area contributed by atoms with E-state index < -0.39 is 21.6 Å². The average molecular weight is 287 g/mol. The second kappa shape index (κ2) is 5.16. The van der Waals surface area contributed by atoms with Crippen LogP contribution >= 0.6 is 0 Å². The molecule has 1 amide bonds. The number of hydrogen-bond donors (Lipinski definition) is 2. The summed E-state index contributed by atoms with van der Waals surface area (Å²) in [7, 11) is -2.99. The highest BCUT2D eigenvalue weighted by Gasteiger charge is 2.25. The highest BCUT2D eigenvalue weighted by atomic mass is 32.2. The minimum Gasteiger partial charge on any atom is -0.508 e. The number of phenolic OH excluding ortho intramolecular Hbond substituents is 1. The summed E-state index contributed by atoms with van der Waals surface area (Å²) in [5.74, 6) is -1.58. The molecule has 7 heteroatoms. The molecule has 0 atom stereocenters. The molecule has 2 N–H and O–H groups in total. The van der Waals surface area contributed by atoms with E-state index in [2.05, 4.69) is 5.32 Å². The maximum Gasteiger partial charge on any atom is 0.254 e. The molecule has 1 aromatic carbocycles. The molecule has 0 saturated carbocycles. The van der Waals surface area contributed by atoms with Gasteiger partial charge in [-0.05, 0) is 25.0 Å².